The predicted octanol–water partition coefficient (Wildman–Crippen LogP) is 3.55. The van der Waals surface area contributed by atoms with Crippen LogP contribution in [0.4, 0.5) is 0 Å². The molecule has 1 aliphatic heterocycles. The minimum absolute atomic E-state index is 0.0422. The summed E-state index contributed by atoms with van der Waals surface area (Å²) in [7, 11) is 1.60. The molecule has 0 radical (unpaired) electrons. The molecule has 19 heavy (non-hydrogen) atoms. The van der Waals surface area contributed by atoms with Gasteiger partial charge in [-0.3, -0.25) is 4.79 Å². The summed E-state index contributed by atoms with van der Waals surface area (Å²) < 4.78 is 5.97. The molecule has 1 amide bonds. The zero-order valence-electron chi connectivity index (χ0n) is 10.9. The first-order valence-electron chi connectivity index (χ1n) is 6.34. The summed E-state index contributed by atoms with van der Waals surface area (Å²) in [5.41, 5.74) is 0.648. The van der Waals surface area contributed by atoms with Crippen LogP contribution in [0.1, 0.15) is 23.2 Å². The molecule has 1 aromatic rings. The summed E-state index contributed by atoms with van der Waals surface area (Å²) in [6.45, 7) is 1.54. The Kier molecular flexibility index (Phi) is 5.11. The summed E-state index contributed by atoms with van der Waals surface area (Å²) in [6.07, 6.45) is 2.12. The van der Waals surface area contributed by atoms with Crippen molar-refractivity contribution in [2.75, 3.05) is 26.1 Å². The van der Waals surface area contributed by atoms with Crippen LogP contribution in [0.3, 0.4) is 0 Å². The first kappa shape index (κ1) is 14.7. The van der Waals surface area contributed by atoms with Gasteiger partial charge in [0.15, 0.2) is 0 Å². The molecule has 1 atom stereocenters. The van der Waals surface area contributed by atoms with Crippen molar-refractivity contribution in [3.63, 3.8) is 0 Å². The summed E-state index contributed by atoms with van der Waals surface area (Å²) in [4.78, 5) is 14.4. The average molecular weight is 347 g/mol. The van der Waals surface area contributed by atoms with Crippen molar-refractivity contribution < 1.29 is 9.53 Å². The number of likely N-dealkylation sites (tertiary alicyclic amines) is 1. The lowest BCUT2D eigenvalue weighted by molar-refractivity contribution is 0.0683. The molecule has 3 nitrogen and oxygen atoms in total. The highest BCUT2D eigenvalue weighted by molar-refractivity contribution is 9.10. The number of alkyl halides is 1. The van der Waals surface area contributed by atoms with Crippen LogP contribution in [0.2, 0.25) is 0 Å². The molecule has 1 fully saturated rings. The number of rotatable bonds is 3. The lowest BCUT2D eigenvalue weighted by Gasteiger charge is -2.32. The minimum Gasteiger partial charge on any atom is -0.497 e. The molecule has 5 heteroatoms. The van der Waals surface area contributed by atoms with Gasteiger partial charge in [-0.25, -0.2) is 0 Å². The lowest BCUT2D eigenvalue weighted by atomic mass is 9.99. The summed E-state index contributed by atoms with van der Waals surface area (Å²) in [5, 5.41) is 0. The third-order valence-corrected chi connectivity index (χ3v) is 4.56. The molecular weight excluding hydrogens is 330 g/mol. The highest BCUT2D eigenvalue weighted by Gasteiger charge is 2.25. The van der Waals surface area contributed by atoms with Gasteiger partial charge in [0.05, 0.1) is 12.7 Å². The Morgan fingerprint density at radius 3 is 3.05 bits per heavy atom. The number of ether oxygens (including phenoxy) is 1. The Hall–Kier alpha value is -0.740. The van der Waals surface area contributed by atoms with Gasteiger partial charge in [-0.05, 0) is 52.9 Å². The molecular formula is C14H17BrClNO2. The first-order valence-corrected chi connectivity index (χ1v) is 7.67. The second-order valence-electron chi connectivity index (χ2n) is 4.76. The van der Waals surface area contributed by atoms with Crippen molar-refractivity contribution in [1.29, 1.82) is 0 Å². The van der Waals surface area contributed by atoms with Gasteiger partial charge in [0.2, 0.25) is 0 Å². The molecule has 104 valence electrons. The molecule has 1 heterocycles. The molecule has 0 saturated carbocycles. The molecule has 1 aliphatic rings. The van der Waals surface area contributed by atoms with Crippen LogP contribution in [0, 0.1) is 5.92 Å². The van der Waals surface area contributed by atoms with Crippen molar-refractivity contribution in [2.45, 2.75) is 12.8 Å². The van der Waals surface area contributed by atoms with Crippen molar-refractivity contribution in [1.82, 2.24) is 4.90 Å². The highest BCUT2D eigenvalue weighted by Crippen LogP contribution is 2.26. The third-order valence-electron chi connectivity index (χ3n) is 3.43. The number of hydrogen-bond donors (Lipinski definition) is 0. The molecule has 1 saturated heterocycles. The molecule has 0 N–H and O–H groups in total. The van der Waals surface area contributed by atoms with Gasteiger partial charge in [-0.1, -0.05) is 0 Å². The molecule has 0 aliphatic carbocycles. The van der Waals surface area contributed by atoms with Crippen LogP contribution in [0.5, 0.6) is 5.75 Å². The predicted molar refractivity (Wildman–Crippen MR) is 80.0 cm³/mol. The van der Waals surface area contributed by atoms with E-state index in [9.17, 15) is 4.79 Å². The maximum atomic E-state index is 12.5. The van der Waals surface area contributed by atoms with Gasteiger partial charge in [0.25, 0.3) is 5.91 Å². The minimum atomic E-state index is 0.0422. The monoisotopic (exact) mass is 345 g/mol. The number of carbonyl (C=O) groups excluding carboxylic acids is 1. The fourth-order valence-electron chi connectivity index (χ4n) is 2.34. The summed E-state index contributed by atoms with van der Waals surface area (Å²) >= 11 is 9.34. The van der Waals surface area contributed by atoms with E-state index in [1.165, 1.54) is 0 Å². The standard InChI is InChI=1S/C14H17BrClNO2/c1-19-11-4-5-13(15)12(7-11)14(18)17-6-2-3-10(8-16)9-17/h4-5,7,10H,2-3,6,8-9H2,1H3. The van der Waals surface area contributed by atoms with Crippen LogP contribution >= 0.6 is 27.5 Å². The number of carbonyl (C=O) groups is 1. The molecule has 2 rings (SSSR count). The Morgan fingerprint density at radius 1 is 1.58 bits per heavy atom. The van der Waals surface area contributed by atoms with Gasteiger partial charge in [-0.15, -0.1) is 11.6 Å². The lowest BCUT2D eigenvalue weighted by Crippen LogP contribution is -2.40. The zero-order valence-corrected chi connectivity index (χ0v) is 13.2. The summed E-state index contributed by atoms with van der Waals surface area (Å²) in [5.74, 6) is 1.75. The van der Waals surface area contributed by atoms with Gasteiger partial charge >= 0.3 is 0 Å². The largest absolute Gasteiger partial charge is 0.497 e. The smallest absolute Gasteiger partial charge is 0.255 e. The fourth-order valence-corrected chi connectivity index (χ4v) is 3.01. The Labute approximate surface area is 127 Å². The fraction of sp³-hybridized carbons (Fsp3) is 0.500. The number of amides is 1. The number of piperidine rings is 1. The van der Waals surface area contributed by atoms with E-state index in [1.807, 2.05) is 17.0 Å². The van der Waals surface area contributed by atoms with Gasteiger partial charge < -0.3 is 9.64 Å². The van der Waals surface area contributed by atoms with E-state index in [1.54, 1.807) is 13.2 Å². The van der Waals surface area contributed by atoms with Crippen LogP contribution in [-0.2, 0) is 0 Å². The molecule has 0 bridgehead atoms. The second-order valence-corrected chi connectivity index (χ2v) is 5.92. The third kappa shape index (κ3) is 3.42. The van der Waals surface area contributed by atoms with E-state index in [0.717, 1.165) is 30.4 Å². The van der Waals surface area contributed by atoms with Gasteiger partial charge in [0.1, 0.15) is 5.75 Å². The molecule has 1 aromatic carbocycles. The number of hydrogen-bond acceptors (Lipinski definition) is 2. The zero-order chi connectivity index (χ0) is 13.8. The number of nitrogens with zero attached hydrogens (tertiary/aromatic N) is 1. The van der Waals surface area contributed by atoms with E-state index in [-0.39, 0.29) is 5.91 Å². The average Bonchev–Trinajstić information content (AvgIpc) is 2.47. The Morgan fingerprint density at radius 2 is 2.37 bits per heavy atom. The maximum absolute atomic E-state index is 12.5. The Balaban J connectivity index is 2.18. The quantitative estimate of drug-likeness (QED) is 0.783. The van der Waals surface area contributed by atoms with Crippen LogP contribution in [0.25, 0.3) is 0 Å². The maximum Gasteiger partial charge on any atom is 0.255 e. The van der Waals surface area contributed by atoms with Crippen molar-refractivity contribution >= 4 is 33.4 Å². The highest BCUT2D eigenvalue weighted by atomic mass is 79.9. The van der Waals surface area contributed by atoms with E-state index < -0.39 is 0 Å². The van der Waals surface area contributed by atoms with Crippen LogP contribution < -0.4 is 4.74 Å². The number of methoxy groups -OCH3 is 1. The SMILES string of the molecule is COc1ccc(Br)c(C(=O)N2CCCC(CCl)C2)c1. The van der Waals surface area contributed by atoms with Gasteiger partial charge in [-0.2, -0.15) is 0 Å². The Bertz CT molecular complexity index is 467. The number of benzene rings is 1. The summed E-state index contributed by atoms with van der Waals surface area (Å²) in [6, 6.07) is 5.45. The van der Waals surface area contributed by atoms with Crippen LogP contribution in [-0.4, -0.2) is 36.9 Å². The van der Waals surface area contributed by atoms with Crippen molar-refractivity contribution in [2.24, 2.45) is 5.92 Å². The molecule has 0 spiro atoms. The van der Waals surface area contributed by atoms with E-state index in [4.69, 9.17) is 16.3 Å². The number of halogens is 2. The first-order chi connectivity index (χ1) is 9.15. The molecule has 1 unspecified atom stereocenters. The van der Waals surface area contributed by atoms with E-state index in [2.05, 4.69) is 15.9 Å². The van der Waals surface area contributed by atoms with Crippen LogP contribution in [0.15, 0.2) is 22.7 Å². The van der Waals surface area contributed by atoms with E-state index >= 15 is 0 Å². The topological polar surface area (TPSA) is 29.5 Å². The molecule has 0 aromatic heterocycles. The van der Waals surface area contributed by atoms with E-state index in [0.29, 0.717) is 23.1 Å². The van der Waals surface area contributed by atoms with Gasteiger partial charge in [0, 0.05) is 23.4 Å². The second kappa shape index (κ2) is 6.62. The van der Waals surface area contributed by atoms with Crippen molar-refractivity contribution in [3.05, 3.63) is 28.2 Å². The van der Waals surface area contributed by atoms with Crippen molar-refractivity contribution in [3.8, 4) is 5.75 Å². The normalized spacial score (nSPS) is 19.3.